The molecule has 3 rings (SSSR count). The highest BCUT2D eigenvalue weighted by Crippen LogP contribution is 2.19. The fourth-order valence-corrected chi connectivity index (χ4v) is 4.60. The minimum absolute atomic E-state index is 0. The Hall–Kier alpha value is -0.540. The third kappa shape index (κ3) is 6.40. The highest BCUT2D eigenvalue weighted by molar-refractivity contribution is 14.0. The molecule has 1 aliphatic heterocycles. The maximum absolute atomic E-state index is 11.5. The van der Waals surface area contributed by atoms with Crippen molar-refractivity contribution in [2.24, 2.45) is 10.9 Å². The Morgan fingerprint density at radius 1 is 1.21 bits per heavy atom. The van der Waals surface area contributed by atoms with Gasteiger partial charge in [0.1, 0.15) is 0 Å². The van der Waals surface area contributed by atoms with E-state index in [9.17, 15) is 8.42 Å². The van der Waals surface area contributed by atoms with Gasteiger partial charge in [-0.1, -0.05) is 23.7 Å². The van der Waals surface area contributed by atoms with Crippen LogP contribution in [0.25, 0.3) is 0 Å². The van der Waals surface area contributed by atoms with E-state index in [4.69, 9.17) is 11.6 Å². The van der Waals surface area contributed by atoms with Crippen molar-refractivity contribution in [2.45, 2.75) is 31.8 Å². The van der Waals surface area contributed by atoms with E-state index in [0.29, 0.717) is 24.9 Å². The molecule has 1 saturated heterocycles. The molecule has 0 bridgehead atoms. The van der Waals surface area contributed by atoms with Crippen molar-refractivity contribution in [3.63, 3.8) is 0 Å². The maximum atomic E-state index is 11.5. The van der Waals surface area contributed by atoms with Crippen LogP contribution in [-0.2, 0) is 16.4 Å². The highest BCUT2D eigenvalue weighted by Gasteiger charge is 2.28. The normalized spacial score (nSPS) is 22.7. The molecule has 1 aromatic carbocycles. The van der Waals surface area contributed by atoms with Gasteiger partial charge in [0.05, 0.1) is 18.1 Å². The summed E-state index contributed by atoms with van der Waals surface area (Å²) in [7, 11) is -2.83. The smallest absolute Gasteiger partial charge is 0.191 e. The lowest BCUT2D eigenvalue weighted by molar-refractivity contribution is 0.566. The van der Waals surface area contributed by atoms with E-state index in [1.807, 2.05) is 24.3 Å². The summed E-state index contributed by atoms with van der Waals surface area (Å²) in [5, 5.41) is 7.40. The van der Waals surface area contributed by atoms with Crippen LogP contribution in [-0.4, -0.2) is 38.5 Å². The summed E-state index contributed by atoms with van der Waals surface area (Å²) in [6, 6.07) is 8.14. The summed E-state index contributed by atoms with van der Waals surface area (Å²) in [4.78, 5) is 4.60. The number of benzene rings is 1. The minimum atomic E-state index is -2.83. The lowest BCUT2D eigenvalue weighted by Gasteiger charge is -2.15. The van der Waals surface area contributed by atoms with Gasteiger partial charge >= 0.3 is 0 Å². The van der Waals surface area contributed by atoms with Crippen LogP contribution in [0, 0.1) is 5.92 Å². The van der Waals surface area contributed by atoms with Crippen LogP contribution in [0.15, 0.2) is 29.3 Å². The average molecular weight is 484 g/mol. The Morgan fingerprint density at radius 2 is 1.92 bits per heavy atom. The summed E-state index contributed by atoms with van der Waals surface area (Å²) < 4.78 is 23.1. The van der Waals surface area contributed by atoms with Gasteiger partial charge in [0.15, 0.2) is 15.8 Å². The molecule has 1 heterocycles. The second-order valence-corrected chi connectivity index (χ2v) is 9.03. The van der Waals surface area contributed by atoms with Crippen LogP contribution >= 0.6 is 35.6 Å². The largest absolute Gasteiger partial charge is 0.356 e. The van der Waals surface area contributed by atoms with Crippen molar-refractivity contribution in [1.82, 2.24) is 10.6 Å². The molecule has 1 atom stereocenters. The van der Waals surface area contributed by atoms with Gasteiger partial charge in [-0.25, -0.2) is 13.4 Å². The molecule has 24 heavy (non-hydrogen) atoms. The van der Waals surface area contributed by atoms with Gasteiger partial charge < -0.3 is 10.6 Å². The number of sulfone groups is 1. The minimum Gasteiger partial charge on any atom is -0.356 e. The number of nitrogens with one attached hydrogen (secondary N) is 2. The van der Waals surface area contributed by atoms with Crippen LogP contribution in [0.1, 0.15) is 24.8 Å². The van der Waals surface area contributed by atoms with Crippen molar-refractivity contribution in [3.8, 4) is 0 Å². The molecule has 2 aliphatic rings. The first-order chi connectivity index (χ1) is 11.0. The molecule has 0 spiro atoms. The molecule has 0 radical (unpaired) electrons. The van der Waals surface area contributed by atoms with Crippen LogP contribution in [0.3, 0.4) is 0 Å². The molecular weight excluding hydrogens is 461 g/mol. The fraction of sp³-hybridized carbons (Fsp3) is 0.562. The Morgan fingerprint density at radius 3 is 2.50 bits per heavy atom. The van der Waals surface area contributed by atoms with E-state index < -0.39 is 9.84 Å². The zero-order valence-electron chi connectivity index (χ0n) is 13.4. The predicted molar refractivity (Wildman–Crippen MR) is 109 cm³/mol. The van der Waals surface area contributed by atoms with Crippen molar-refractivity contribution in [3.05, 3.63) is 34.9 Å². The SMILES string of the molecule is I.O=S1(=O)CCC(CNC(=NCc2ccc(Cl)cc2)NC2CC2)C1. The Balaban J connectivity index is 0.00000208. The third-order valence-electron chi connectivity index (χ3n) is 4.14. The number of nitrogens with zero attached hydrogens (tertiary/aromatic N) is 1. The van der Waals surface area contributed by atoms with E-state index in [2.05, 4.69) is 15.6 Å². The van der Waals surface area contributed by atoms with Crippen molar-refractivity contribution in [1.29, 1.82) is 0 Å². The number of aliphatic imine (C=N–C) groups is 1. The van der Waals surface area contributed by atoms with Crippen LogP contribution in [0.4, 0.5) is 0 Å². The van der Waals surface area contributed by atoms with Gasteiger partial charge in [0.2, 0.25) is 0 Å². The molecule has 1 unspecified atom stereocenters. The standard InChI is InChI=1S/C16H22ClN3O2S.HI/c17-14-3-1-12(2-4-14)9-18-16(20-15-5-6-15)19-10-13-7-8-23(21,22)11-13;/h1-4,13,15H,5-11H2,(H2,18,19,20);1H. The zero-order chi connectivity index (χ0) is 16.3. The number of hydrogen-bond acceptors (Lipinski definition) is 3. The van der Waals surface area contributed by atoms with Crippen molar-refractivity contribution >= 4 is 51.4 Å². The summed E-state index contributed by atoms with van der Waals surface area (Å²) in [6.07, 6.45) is 3.07. The second-order valence-electron chi connectivity index (χ2n) is 6.36. The first-order valence-corrected chi connectivity index (χ1v) is 10.2. The van der Waals surface area contributed by atoms with Crippen molar-refractivity contribution in [2.75, 3.05) is 18.1 Å². The second kappa shape index (κ2) is 8.71. The monoisotopic (exact) mass is 483 g/mol. The van der Waals surface area contributed by atoms with Crippen LogP contribution in [0.2, 0.25) is 5.02 Å². The topological polar surface area (TPSA) is 70.6 Å². The van der Waals surface area contributed by atoms with Gasteiger partial charge in [-0.05, 0) is 42.9 Å². The van der Waals surface area contributed by atoms with E-state index in [0.717, 1.165) is 23.0 Å². The van der Waals surface area contributed by atoms with Gasteiger partial charge in [-0.15, -0.1) is 24.0 Å². The molecule has 2 fully saturated rings. The van der Waals surface area contributed by atoms with Crippen molar-refractivity contribution < 1.29 is 8.42 Å². The van der Waals surface area contributed by atoms with E-state index in [1.54, 1.807) is 0 Å². The molecule has 0 aromatic heterocycles. The number of guanidine groups is 1. The number of hydrogen-bond donors (Lipinski definition) is 2. The fourth-order valence-electron chi connectivity index (χ4n) is 2.61. The number of halogens is 2. The van der Waals surface area contributed by atoms with E-state index in [-0.39, 0.29) is 35.6 Å². The lowest BCUT2D eigenvalue weighted by Crippen LogP contribution is -2.41. The predicted octanol–water partition coefficient (Wildman–Crippen LogP) is 2.59. The molecule has 1 aliphatic carbocycles. The van der Waals surface area contributed by atoms with Gasteiger partial charge in [-0.3, -0.25) is 0 Å². The Labute approximate surface area is 165 Å². The zero-order valence-corrected chi connectivity index (χ0v) is 17.3. The molecule has 8 heteroatoms. The summed E-state index contributed by atoms with van der Waals surface area (Å²) in [5.41, 5.74) is 1.09. The first-order valence-electron chi connectivity index (χ1n) is 8.00. The molecule has 134 valence electrons. The molecule has 2 N–H and O–H groups in total. The van der Waals surface area contributed by atoms with E-state index >= 15 is 0 Å². The molecule has 1 saturated carbocycles. The van der Waals surface area contributed by atoms with Crippen LogP contribution < -0.4 is 10.6 Å². The third-order valence-corrected chi connectivity index (χ3v) is 6.23. The maximum Gasteiger partial charge on any atom is 0.191 e. The lowest BCUT2D eigenvalue weighted by atomic mass is 10.1. The molecule has 5 nitrogen and oxygen atoms in total. The van der Waals surface area contributed by atoms with Gasteiger partial charge in [-0.2, -0.15) is 0 Å². The van der Waals surface area contributed by atoms with E-state index in [1.165, 1.54) is 12.8 Å². The highest BCUT2D eigenvalue weighted by atomic mass is 127. The Bertz CT molecular complexity index is 675. The summed E-state index contributed by atoms with van der Waals surface area (Å²) >= 11 is 5.89. The van der Waals surface area contributed by atoms with Gasteiger partial charge in [0, 0.05) is 17.6 Å². The van der Waals surface area contributed by atoms with Gasteiger partial charge in [0.25, 0.3) is 0 Å². The van der Waals surface area contributed by atoms with Crippen LogP contribution in [0.5, 0.6) is 0 Å². The molecular formula is C16H23ClIN3O2S. The Kier molecular flexibility index (Phi) is 7.18. The summed E-state index contributed by atoms with van der Waals surface area (Å²) in [5.74, 6) is 1.55. The summed E-state index contributed by atoms with van der Waals surface area (Å²) in [6.45, 7) is 1.22. The molecule has 1 aromatic rings. The molecule has 0 amide bonds. The number of rotatable bonds is 5. The average Bonchev–Trinajstić information content (AvgIpc) is 3.26. The quantitative estimate of drug-likeness (QED) is 0.384. The first kappa shape index (κ1) is 19.8.